The number of hydrogen-bond donors (Lipinski definition) is 1. The fourth-order valence-electron chi connectivity index (χ4n) is 2.62. The molecule has 2 rings (SSSR count). The first-order valence-electron chi connectivity index (χ1n) is 6.95. The molecule has 7 nitrogen and oxygen atoms in total. The average molecular weight is 282 g/mol. The van der Waals surface area contributed by atoms with Crippen LogP contribution in [0.15, 0.2) is 4.99 Å². The van der Waals surface area contributed by atoms with E-state index in [2.05, 4.69) is 4.99 Å². The highest BCUT2D eigenvalue weighted by Crippen LogP contribution is 2.24. The van der Waals surface area contributed by atoms with Crippen LogP contribution in [0.2, 0.25) is 0 Å². The quantitative estimate of drug-likeness (QED) is 0.726. The van der Waals surface area contributed by atoms with Crippen molar-refractivity contribution in [1.82, 2.24) is 14.7 Å². The van der Waals surface area contributed by atoms with E-state index in [1.54, 1.807) is 32.3 Å². The van der Waals surface area contributed by atoms with E-state index < -0.39 is 12.2 Å². The highest BCUT2D eigenvalue weighted by atomic mass is 16.3. The van der Waals surface area contributed by atoms with Crippen molar-refractivity contribution in [2.24, 2.45) is 4.99 Å². The number of urea groups is 1. The molecule has 7 heteroatoms. The van der Waals surface area contributed by atoms with Crippen LogP contribution in [-0.4, -0.2) is 77.0 Å². The van der Waals surface area contributed by atoms with Gasteiger partial charge in [0, 0.05) is 20.6 Å². The Labute approximate surface area is 118 Å². The topological polar surface area (TPSA) is 76.5 Å². The molecule has 3 atom stereocenters. The molecule has 1 N–H and O–H groups in total. The lowest BCUT2D eigenvalue weighted by molar-refractivity contribution is -0.137. The minimum atomic E-state index is -0.409. The Morgan fingerprint density at radius 2 is 2.05 bits per heavy atom. The largest absolute Gasteiger partial charge is 0.393 e. The van der Waals surface area contributed by atoms with Gasteiger partial charge in [0.1, 0.15) is 0 Å². The summed E-state index contributed by atoms with van der Waals surface area (Å²) in [5.41, 5.74) is 0. The maximum Gasteiger partial charge on any atom is 0.328 e. The van der Waals surface area contributed by atoms with Crippen molar-refractivity contribution >= 4 is 18.3 Å². The minimum absolute atomic E-state index is 0.185. The molecule has 3 unspecified atom stereocenters. The summed E-state index contributed by atoms with van der Waals surface area (Å²) in [7, 11) is 3.47. The number of hydrogen-bond acceptors (Lipinski definition) is 5. The van der Waals surface area contributed by atoms with E-state index in [1.807, 2.05) is 0 Å². The molecule has 2 aliphatic rings. The molecule has 2 aliphatic heterocycles. The Bertz CT molecular complexity index is 424. The molecule has 0 aromatic rings. The Kier molecular flexibility index (Phi) is 4.27. The van der Waals surface area contributed by atoms with Crippen LogP contribution in [0.1, 0.15) is 26.2 Å². The normalized spacial score (nSPS) is 27.3. The van der Waals surface area contributed by atoms with Gasteiger partial charge in [-0.2, -0.15) is 0 Å². The van der Waals surface area contributed by atoms with Gasteiger partial charge in [0.25, 0.3) is 5.91 Å². The van der Waals surface area contributed by atoms with E-state index >= 15 is 0 Å². The van der Waals surface area contributed by atoms with Crippen LogP contribution in [0, 0.1) is 0 Å². The molecular formula is C13H22N4O3. The average Bonchev–Trinajstić information content (AvgIpc) is 2.77. The van der Waals surface area contributed by atoms with Crippen LogP contribution in [0.3, 0.4) is 0 Å². The maximum absolute atomic E-state index is 12.4. The zero-order chi connectivity index (χ0) is 14.9. The van der Waals surface area contributed by atoms with Gasteiger partial charge in [-0.05, 0) is 26.2 Å². The molecule has 2 heterocycles. The molecule has 0 aliphatic carbocycles. The van der Waals surface area contributed by atoms with E-state index in [0.717, 1.165) is 6.42 Å². The molecule has 0 bridgehead atoms. The molecule has 0 saturated carbocycles. The molecule has 20 heavy (non-hydrogen) atoms. The number of rotatable bonds is 5. The second kappa shape index (κ2) is 5.78. The van der Waals surface area contributed by atoms with Gasteiger partial charge in [0.05, 0.1) is 12.4 Å². The van der Waals surface area contributed by atoms with E-state index in [1.165, 1.54) is 9.80 Å². The summed E-state index contributed by atoms with van der Waals surface area (Å²) in [5.74, 6) is -0.185. The van der Waals surface area contributed by atoms with Gasteiger partial charge in [-0.1, -0.05) is 0 Å². The van der Waals surface area contributed by atoms with E-state index in [4.69, 9.17) is 0 Å². The number of unbranched alkanes of at least 4 members (excludes halogenated alkanes) is 1. The molecule has 3 amide bonds. The third kappa shape index (κ3) is 2.63. The van der Waals surface area contributed by atoms with Crippen molar-refractivity contribution in [2.45, 2.75) is 44.5 Å². The van der Waals surface area contributed by atoms with Crippen LogP contribution < -0.4 is 0 Å². The summed E-state index contributed by atoms with van der Waals surface area (Å²) in [5, 5.41) is 9.21. The molecule has 1 fully saturated rings. The van der Waals surface area contributed by atoms with Crippen molar-refractivity contribution in [3.8, 4) is 0 Å². The Morgan fingerprint density at radius 1 is 1.35 bits per heavy atom. The summed E-state index contributed by atoms with van der Waals surface area (Å²) in [6.45, 7) is 2.13. The second-order valence-electron chi connectivity index (χ2n) is 5.52. The number of aliphatic imine (C=N–C) groups is 1. The van der Waals surface area contributed by atoms with Crippen LogP contribution >= 0.6 is 0 Å². The highest BCUT2D eigenvalue weighted by Gasteiger charge is 2.48. The van der Waals surface area contributed by atoms with Gasteiger partial charge in [-0.25, -0.2) is 9.79 Å². The maximum atomic E-state index is 12.4. The number of aliphatic hydroxyl groups is 1. The first kappa shape index (κ1) is 14.8. The summed E-state index contributed by atoms with van der Waals surface area (Å²) in [6, 6.07) is -0.699. The van der Waals surface area contributed by atoms with E-state index in [0.29, 0.717) is 19.4 Å². The lowest BCUT2D eigenvalue weighted by Gasteiger charge is -2.40. The van der Waals surface area contributed by atoms with E-state index in [-0.39, 0.29) is 18.0 Å². The predicted octanol–water partition coefficient (Wildman–Crippen LogP) is 0.0999. The zero-order valence-corrected chi connectivity index (χ0v) is 12.2. The minimum Gasteiger partial charge on any atom is -0.393 e. The third-order valence-corrected chi connectivity index (χ3v) is 3.82. The van der Waals surface area contributed by atoms with Crippen molar-refractivity contribution < 1.29 is 14.7 Å². The second-order valence-corrected chi connectivity index (χ2v) is 5.52. The first-order valence-corrected chi connectivity index (χ1v) is 6.95. The number of likely N-dealkylation sites (N-methyl/N-ethyl adjacent to an activating group) is 2. The lowest BCUT2D eigenvalue weighted by atomic mass is 10.1. The molecular weight excluding hydrogens is 260 g/mol. The summed E-state index contributed by atoms with van der Waals surface area (Å²) in [6.07, 6.45) is 3.03. The third-order valence-electron chi connectivity index (χ3n) is 3.82. The lowest BCUT2D eigenvalue weighted by Crippen LogP contribution is -2.64. The Hall–Kier alpha value is -1.63. The molecule has 0 aromatic heterocycles. The highest BCUT2D eigenvalue weighted by molar-refractivity contribution is 6.01. The molecule has 112 valence electrons. The van der Waals surface area contributed by atoms with Gasteiger partial charge in [-0.3, -0.25) is 9.69 Å². The first-order chi connectivity index (χ1) is 9.43. The van der Waals surface area contributed by atoms with Gasteiger partial charge in [0.2, 0.25) is 0 Å². The van der Waals surface area contributed by atoms with Crippen LogP contribution in [0.5, 0.6) is 0 Å². The number of carbonyl (C=O) groups is 2. The van der Waals surface area contributed by atoms with Crippen molar-refractivity contribution in [3.63, 3.8) is 0 Å². The van der Waals surface area contributed by atoms with Gasteiger partial charge in [-0.15, -0.1) is 0 Å². The predicted molar refractivity (Wildman–Crippen MR) is 74.2 cm³/mol. The van der Waals surface area contributed by atoms with Gasteiger partial charge in [0.15, 0.2) is 12.2 Å². The van der Waals surface area contributed by atoms with Crippen LogP contribution in [0.4, 0.5) is 4.79 Å². The monoisotopic (exact) mass is 282 g/mol. The van der Waals surface area contributed by atoms with Crippen molar-refractivity contribution in [2.75, 3.05) is 20.6 Å². The molecule has 1 saturated heterocycles. The number of fused-ring (bicyclic) bond motifs is 1. The molecule has 0 spiro atoms. The number of carbonyl (C=O) groups excluding carboxylic acids is 2. The van der Waals surface area contributed by atoms with Crippen LogP contribution in [-0.2, 0) is 4.79 Å². The number of imide groups is 1. The SMILES string of the molecule is CC(O)CCCCN1C(=O)C2C(N=CN2C)N(C)C1=O. The number of aliphatic hydroxyl groups excluding tert-OH is 1. The zero-order valence-electron chi connectivity index (χ0n) is 12.2. The smallest absolute Gasteiger partial charge is 0.328 e. The van der Waals surface area contributed by atoms with Gasteiger partial charge < -0.3 is 14.9 Å². The van der Waals surface area contributed by atoms with Crippen molar-refractivity contribution in [3.05, 3.63) is 0 Å². The fourth-order valence-corrected chi connectivity index (χ4v) is 2.62. The summed E-state index contributed by atoms with van der Waals surface area (Å²) >= 11 is 0. The Morgan fingerprint density at radius 3 is 2.70 bits per heavy atom. The van der Waals surface area contributed by atoms with E-state index in [9.17, 15) is 14.7 Å². The fraction of sp³-hybridized carbons (Fsp3) is 0.769. The van der Waals surface area contributed by atoms with Gasteiger partial charge >= 0.3 is 6.03 Å². The van der Waals surface area contributed by atoms with Crippen LogP contribution in [0.25, 0.3) is 0 Å². The number of nitrogens with zero attached hydrogens (tertiary/aromatic N) is 4. The molecule has 0 radical (unpaired) electrons. The Balaban J connectivity index is 1.98. The standard InChI is InChI=1S/C13H22N4O3/c1-9(18)6-4-5-7-17-12(19)10-11(14-8-15(10)2)16(3)13(17)20/h8-11,18H,4-7H2,1-3H3. The van der Waals surface area contributed by atoms with Crippen molar-refractivity contribution in [1.29, 1.82) is 0 Å². The summed E-state index contributed by atoms with van der Waals surface area (Å²) < 4.78 is 0. The number of amides is 3. The molecule has 0 aromatic carbocycles. The summed E-state index contributed by atoms with van der Waals surface area (Å²) in [4.78, 5) is 33.4.